The van der Waals surface area contributed by atoms with Gasteiger partial charge in [-0.2, -0.15) is 0 Å². The van der Waals surface area contributed by atoms with Gasteiger partial charge in [0, 0.05) is 6.07 Å². The molecule has 2 rings (SSSR count). The van der Waals surface area contributed by atoms with E-state index >= 15 is 0 Å². The topological polar surface area (TPSA) is 39.4 Å². The Balaban J connectivity index is 1.92. The molecule has 14 heavy (non-hydrogen) atoms. The van der Waals surface area contributed by atoms with E-state index in [1.54, 1.807) is 12.1 Å². The van der Waals surface area contributed by atoms with Crippen LogP contribution >= 0.6 is 0 Å². The first-order valence-corrected chi connectivity index (χ1v) is 5.10. The fraction of sp³-hybridized carbons (Fsp3) is 0.545. The van der Waals surface area contributed by atoms with Crippen molar-refractivity contribution in [1.29, 1.82) is 0 Å². The summed E-state index contributed by atoms with van der Waals surface area (Å²) in [5, 5.41) is 0. The summed E-state index contributed by atoms with van der Waals surface area (Å²) in [6, 6.07) is 3.34. The number of aldehydes is 1. The minimum absolute atomic E-state index is 0.273. The van der Waals surface area contributed by atoms with Crippen molar-refractivity contribution in [2.45, 2.75) is 38.2 Å². The molecular weight excluding hydrogens is 180 g/mol. The lowest BCUT2D eigenvalue weighted by Crippen LogP contribution is -2.19. The molecule has 1 fully saturated rings. The van der Waals surface area contributed by atoms with Gasteiger partial charge in [-0.15, -0.1) is 0 Å². The smallest absolute Gasteiger partial charge is 0.285 e. The molecule has 0 unspecified atom stereocenters. The second-order valence-corrected chi connectivity index (χ2v) is 3.65. The maximum Gasteiger partial charge on any atom is 0.285 e. The van der Waals surface area contributed by atoms with Crippen LogP contribution in [-0.2, 0) is 0 Å². The third kappa shape index (κ3) is 2.16. The Morgan fingerprint density at radius 2 is 2.07 bits per heavy atom. The van der Waals surface area contributed by atoms with Crippen molar-refractivity contribution >= 4 is 6.29 Å². The van der Waals surface area contributed by atoms with Crippen LogP contribution in [0.15, 0.2) is 16.5 Å². The quantitative estimate of drug-likeness (QED) is 0.694. The van der Waals surface area contributed by atoms with Crippen molar-refractivity contribution < 1.29 is 13.9 Å². The average Bonchev–Trinajstić information content (AvgIpc) is 2.67. The van der Waals surface area contributed by atoms with E-state index in [1.807, 2.05) is 0 Å². The maximum atomic E-state index is 10.4. The summed E-state index contributed by atoms with van der Waals surface area (Å²) in [6.45, 7) is 0. The predicted molar refractivity (Wildman–Crippen MR) is 51.6 cm³/mol. The first kappa shape index (κ1) is 9.31. The molecule has 0 bridgehead atoms. The molecule has 1 heterocycles. The van der Waals surface area contributed by atoms with Gasteiger partial charge in [0.2, 0.25) is 0 Å². The van der Waals surface area contributed by atoms with Crippen molar-refractivity contribution in [3.8, 4) is 5.95 Å². The van der Waals surface area contributed by atoms with Crippen LogP contribution in [0.1, 0.15) is 42.7 Å². The molecule has 1 saturated carbocycles. The van der Waals surface area contributed by atoms with Gasteiger partial charge in [0.05, 0.1) is 0 Å². The highest BCUT2D eigenvalue weighted by atomic mass is 16.6. The van der Waals surface area contributed by atoms with Gasteiger partial charge >= 0.3 is 0 Å². The van der Waals surface area contributed by atoms with Crippen LogP contribution < -0.4 is 4.74 Å². The fourth-order valence-corrected chi connectivity index (χ4v) is 1.81. The molecule has 1 aromatic rings. The molecular formula is C11H14O3. The van der Waals surface area contributed by atoms with Crippen LogP contribution in [0.25, 0.3) is 0 Å². The zero-order chi connectivity index (χ0) is 9.80. The molecule has 1 aliphatic carbocycles. The van der Waals surface area contributed by atoms with Crippen LogP contribution in [0.4, 0.5) is 0 Å². The number of furan rings is 1. The van der Waals surface area contributed by atoms with Gasteiger partial charge in [0.25, 0.3) is 5.95 Å². The lowest BCUT2D eigenvalue weighted by atomic mass is 9.98. The van der Waals surface area contributed by atoms with Gasteiger partial charge in [-0.05, 0) is 31.7 Å². The van der Waals surface area contributed by atoms with Gasteiger partial charge in [0.1, 0.15) is 6.10 Å². The highest BCUT2D eigenvalue weighted by Gasteiger charge is 2.16. The van der Waals surface area contributed by atoms with Gasteiger partial charge in [-0.25, -0.2) is 0 Å². The van der Waals surface area contributed by atoms with E-state index in [0.717, 1.165) is 12.8 Å². The normalized spacial score (nSPS) is 18.0. The summed E-state index contributed by atoms with van der Waals surface area (Å²) in [5.74, 6) is 0.801. The molecule has 1 aliphatic rings. The van der Waals surface area contributed by atoms with Gasteiger partial charge in [0.15, 0.2) is 12.0 Å². The number of hydrogen-bond acceptors (Lipinski definition) is 3. The lowest BCUT2D eigenvalue weighted by Gasteiger charge is -2.21. The molecule has 0 aliphatic heterocycles. The van der Waals surface area contributed by atoms with E-state index in [2.05, 4.69) is 0 Å². The Morgan fingerprint density at radius 1 is 1.29 bits per heavy atom. The Hall–Kier alpha value is -1.25. The lowest BCUT2D eigenvalue weighted by molar-refractivity contribution is 0.104. The molecule has 3 nitrogen and oxygen atoms in total. The van der Waals surface area contributed by atoms with Crippen LogP contribution in [-0.4, -0.2) is 12.4 Å². The van der Waals surface area contributed by atoms with Crippen molar-refractivity contribution in [3.05, 3.63) is 17.9 Å². The van der Waals surface area contributed by atoms with E-state index in [4.69, 9.17) is 9.15 Å². The third-order valence-corrected chi connectivity index (χ3v) is 2.55. The molecule has 76 valence electrons. The Bertz CT molecular complexity index is 297. The van der Waals surface area contributed by atoms with Crippen molar-refractivity contribution in [2.24, 2.45) is 0 Å². The number of ether oxygens (including phenoxy) is 1. The average molecular weight is 194 g/mol. The second-order valence-electron chi connectivity index (χ2n) is 3.65. The Labute approximate surface area is 83.0 Å². The van der Waals surface area contributed by atoms with Crippen molar-refractivity contribution in [3.63, 3.8) is 0 Å². The first-order chi connectivity index (χ1) is 6.88. The van der Waals surface area contributed by atoms with Crippen molar-refractivity contribution in [1.82, 2.24) is 0 Å². The zero-order valence-corrected chi connectivity index (χ0v) is 8.07. The highest BCUT2D eigenvalue weighted by Crippen LogP contribution is 2.24. The monoisotopic (exact) mass is 194 g/mol. The van der Waals surface area contributed by atoms with Crippen LogP contribution in [0, 0.1) is 0 Å². The molecule has 3 heteroatoms. The first-order valence-electron chi connectivity index (χ1n) is 5.10. The van der Waals surface area contributed by atoms with Crippen LogP contribution in [0.2, 0.25) is 0 Å². The summed E-state index contributed by atoms with van der Waals surface area (Å²) >= 11 is 0. The van der Waals surface area contributed by atoms with Gasteiger partial charge < -0.3 is 9.15 Å². The molecule has 0 aromatic carbocycles. The van der Waals surface area contributed by atoms with E-state index in [0.29, 0.717) is 18.0 Å². The van der Waals surface area contributed by atoms with Crippen molar-refractivity contribution in [2.75, 3.05) is 0 Å². The molecule has 0 N–H and O–H groups in total. The summed E-state index contributed by atoms with van der Waals surface area (Å²) in [7, 11) is 0. The predicted octanol–water partition coefficient (Wildman–Crippen LogP) is 2.80. The van der Waals surface area contributed by atoms with E-state index in [1.165, 1.54) is 19.3 Å². The van der Waals surface area contributed by atoms with E-state index < -0.39 is 0 Å². The largest absolute Gasteiger partial charge is 0.462 e. The third-order valence-electron chi connectivity index (χ3n) is 2.55. The summed E-state index contributed by atoms with van der Waals surface area (Å²) in [4.78, 5) is 10.4. The van der Waals surface area contributed by atoms with Gasteiger partial charge in [-0.1, -0.05) is 6.42 Å². The molecule has 0 spiro atoms. The SMILES string of the molecule is O=Cc1ccc(OC2CCCCC2)o1. The van der Waals surface area contributed by atoms with Gasteiger partial charge in [-0.3, -0.25) is 4.79 Å². The minimum Gasteiger partial charge on any atom is -0.462 e. The van der Waals surface area contributed by atoms with Crippen LogP contribution in [0.5, 0.6) is 5.95 Å². The number of carbonyl (C=O) groups excluding carboxylic acids is 1. The Kier molecular flexibility index (Phi) is 2.87. The zero-order valence-electron chi connectivity index (χ0n) is 8.07. The minimum atomic E-state index is 0.273. The molecule has 0 amide bonds. The number of hydrogen-bond donors (Lipinski definition) is 0. The molecule has 0 atom stereocenters. The van der Waals surface area contributed by atoms with Crippen LogP contribution in [0.3, 0.4) is 0 Å². The van der Waals surface area contributed by atoms with E-state index in [-0.39, 0.29) is 6.10 Å². The summed E-state index contributed by atoms with van der Waals surface area (Å²) in [5.41, 5.74) is 0. The standard InChI is InChI=1S/C11H14O3/c12-8-10-6-7-11(14-10)13-9-4-2-1-3-5-9/h6-9H,1-5H2. The summed E-state index contributed by atoms with van der Waals surface area (Å²) < 4.78 is 10.8. The summed E-state index contributed by atoms with van der Waals surface area (Å²) in [6.07, 6.45) is 6.91. The number of rotatable bonds is 3. The highest BCUT2D eigenvalue weighted by molar-refractivity contribution is 5.70. The molecule has 0 saturated heterocycles. The number of carbonyl (C=O) groups is 1. The molecule has 0 radical (unpaired) electrons. The molecule has 1 aromatic heterocycles. The van der Waals surface area contributed by atoms with E-state index in [9.17, 15) is 4.79 Å². The Morgan fingerprint density at radius 3 is 2.71 bits per heavy atom. The maximum absolute atomic E-state index is 10.4. The second kappa shape index (κ2) is 4.31. The fourth-order valence-electron chi connectivity index (χ4n) is 1.81.